The predicted octanol–water partition coefficient (Wildman–Crippen LogP) is 5.34. The standard InChI is InChI=1S/C32H26O2Si2/c33-29-27(35-31(23-13-5-1-6-14-23)24-15-7-2-8-16-24)21-22-28(30(29)34)36-32(25-17-9-3-10-18-25)26-19-11-4-12-20-26/h1-22,31-34H. The van der Waals surface area contributed by atoms with Gasteiger partial charge in [0.25, 0.3) is 0 Å². The lowest BCUT2D eigenvalue weighted by molar-refractivity contribution is 0.409. The van der Waals surface area contributed by atoms with Crippen molar-refractivity contribution in [3.63, 3.8) is 0 Å². The van der Waals surface area contributed by atoms with Gasteiger partial charge in [0.1, 0.15) is 19.0 Å². The van der Waals surface area contributed by atoms with Crippen molar-refractivity contribution >= 4 is 29.4 Å². The van der Waals surface area contributed by atoms with Gasteiger partial charge in [-0.05, 0) is 32.6 Å². The maximum atomic E-state index is 11.1. The van der Waals surface area contributed by atoms with Crippen molar-refractivity contribution in [2.24, 2.45) is 0 Å². The highest BCUT2D eigenvalue weighted by atomic mass is 28.2. The van der Waals surface area contributed by atoms with Gasteiger partial charge >= 0.3 is 0 Å². The molecule has 0 heterocycles. The maximum absolute atomic E-state index is 11.1. The molecule has 2 N–H and O–H groups in total. The van der Waals surface area contributed by atoms with E-state index in [1.54, 1.807) is 0 Å². The van der Waals surface area contributed by atoms with E-state index in [0.717, 1.165) is 10.4 Å². The number of benzene rings is 5. The van der Waals surface area contributed by atoms with Crippen molar-refractivity contribution in [2.75, 3.05) is 0 Å². The molecule has 0 saturated heterocycles. The van der Waals surface area contributed by atoms with Crippen LogP contribution in [0.1, 0.15) is 33.3 Å². The lowest BCUT2D eigenvalue weighted by Gasteiger charge is -2.21. The van der Waals surface area contributed by atoms with Gasteiger partial charge in [0.2, 0.25) is 0 Å². The average Bonchev–Trinajstić information content (AvgIpc) is 2.95. The first-order chi connectivity index (χ1) is 17.7. The summed E-state index contributed by atoms with van der Waals surface area (Å²) in [4.78, 5) is 0. The number of hydrogen-bond acceptors (Lipinski definition) is 2. The molecule has 5 aromatic carbocycles. The molecule has 0 atom stereocenters. The van der Waals surface area contributed by atoms with Crippen LogP contribution in [-0.2, 0) is 0 Å². The van der Waals surface area contributed by atoms with Gasteiger partial charge in [0.05, 0.1) is 0 Å². The lowest BCUT2D eigenvalue weighted by Crippen LogP contribution is -2.28. The molecule has 4 radical (unpaired) electrons. The summed E-state index contributed by atoms with van der Waals surface area (Å²) in [6.45, 7) is 0. The molecule has 0 aliphatic carbocycles. The molecule has 0 spiro atoms. The van der Waals surface area contributed by atoms with Crippen molar-refractivity contribution in [1.82, 2.24) is 0 Å². The minimum absolute atomic E-state index is 0.00457. The zero-order valence-electron chi connectivity index (χ0n) is 19.8. The molecule has 0 amide bonds. The van der Waals surface area contributed by atoms with E-state index in [2.05, 4.69) is 48.5 Å². The van der Waals surface area contributed by atoms with Crippen molar-refractivity contribution in [3.05, 3.63) is 156 Å². The van der Waals surface area contributed by atoms with Gasteiger partial charge in [-0.1, -0.05) is 133 Å². The summed E-state index contributed by atoms with van der Waals surface area (Å²) in [6.07, 6.45) is 0. The van der Waals surface area contributed by atoms with E-state index in [1.165, 1.54) is 22.3 Å². The largest absolute Gasteiger partial charge is 0.504 e. The molecular weight excluding hydrogens is 473 g/mol. The molecule has 0 unspecified atom stereocenters. The van der Waals surface area contributed by atoms with Crippen LogP contribution in [0.15, 0.2) is 133 Å². The summed E-state index contributed by atoms with van der Waals surface area (Å²) < 4.78 is 0. The van der Waals surface area contributed by atoms with Crippen molar-refractivity contribution < 1.29 is 10.2 Å². The first kappa shape index (κ1) is 23.9. The number of rotatable bonds is 8. The Hall–Kier alpha value is -3.87. The number of hydrogen-bond donors (Lipinski definition) is 2. The van der Waals surface area contributed by atoms with E-state index in [9.17, 15) is 10.2 Å². The van der Waals surface area contributed by atoms with Crippen LogP contribution in [0.4, 0.5) is 0 Å². The fraction of sp³-hybridized carbons (Fsp3) is 0.0625. The predicted molar refractivity (Wildman–Crippen MR) is 150 cm³/mol. The van der Waals surface area contributed by atoms with E-state index < -0.39 is 0 Å². The van der Waals surface area contributed by atoms with Gasteiger partial charge in [-0.25, -0.2) is 0 Å². The smallest absolute Gasteiger partial charge is 0.155 e. The Labute approximate surface area is 217 Å². The highest BCUT2D eigenvalue weighted by Gasteiger charge is 2.23. The molecule has 2 nitrogen and oxygen atoms in total. The topological polar surface area (TPSA) is 40.5 Å². The van der Waals surface area contributed by atoms with Crippen LogP contribution in [-0.4, -0.2) is 29.3 Å². The van der Waals surface area contributed by atoms with Gasteiger partial charge in [-0.15, -0.1) is 0 Å². The van der Waals surface area contributed by atoms with Crippen molar-refractivity contribution in [1.29, 1.82) is 0 Å². The molecule has 5 aromatic rings. The Morgan fingerprint density at radius 2 is 0.611 bits per heavy atom. The molecule has 0 aromatic heterocycles. The van der Waals surface area contributed by atoms with E-state index >= 15 is 0 Å². The summed E-state index contributed by atoms with van der Waals surface area (Å²) in [5.41, 5.74) is 4.99. The Balaban J connectivity index is 1.47. The van der Waals surface area contributed by atoms with Crippen LogP contribution in [0.25, 0.3) is 0 Å². The first-order valence-electron chi connectivity index (χ1n) is 12.0. The SMILES string of the molecule is Oc1c([Si]C(c2ccccc2)c2ccccc2)ccc([Si]C(c2ccccc2)c2ccccc2)c1O. The number of phenolic OH excluding ortho intramolecular Hbond substituents is 2. The normalized spacial score (nSPS) is 11.2. The third-order valence-electron chi connectivity index (χ3n) is 6.28. The molecule has 0 fully saturated rings. The highest BCUT2D eigenvalue weighted by Crippen LogP contribution is 2.28. The van der Waals surface area contributed by atoms with E-state index in [-0.39, 0.29) is 41.6 Å². The second-order valence-corrected chi connectivity index (χ2v) is 11.5. The monoisotopic (exact) mass is 498 g/mol. The number of aromatic hydroxyl groups is 2. The van der Waals surface area contributed by atoms with Gasteiger partial charge < -0.3 is 10.2 Å². The van der Waals surface area contributed by atoms with Gasteiger partial charge in [0.15, 0.2) is 11.5 Å². The molecule has 4 heteroatoms. The zero-order chi connectivity index (χ0) is 24.7. The second-order valence-electron chi connectivity index (χ2n) is 8.66. The summed E-state index contributed by atoms with van der Waals surface area (Å²) in [5.74, 6) is -0.00913. The molecule has 0 saturated carbocycles. The summed E-state index contributed by atoms with van der Waals surface area (Å²) >= 11 is 0. The Morgan fingerprint density at radius 3 is 0.861 bits per heavy atom. The fourth-order valence-electron chi connectivity index (χ4n) is 4.42. The summed E-state index contributed by atoms with van der Waals surface area (Å²) in [7, 11) is 0.554. The quantitative estimate of drug-likeness (QED) is 0.224. The lowest BCUT2D eigenvalue weighted by atomic mass is 10.0. The molecule has 0 aliphatic rings. The molecule has 36 heavy (non-hydrogen) atoms. The van der Waals surface area contributed by atoms with Crippen LogP contribution in [0.2, 0.25) is 0 Å². The Kier molecular flexibility index (Phi) is 7.45. The molecule has 0 aliphatic heterocycles. The third kappa shape index (κ3) is 5.35. The summed E-state index contributed by atoms with van der Waals surface area (Å²) in [5, 5.41) is 23.8. The van der Waals surface area contributed by atoms with Gasteiger partial charge in [-0.2, -0.15) is 0 Å². The summed E-state index contributed by atoms with van der Waals surface area (Å²) in [6, 6.07) is 45.4. The van der Waals surface area contributed by atoms with E-state index in [1.807, 2.05) is 84.9 Å². The van der Waals surface area contributed by atoms with Crippen LogP contribution in [0, 0.1) is 0 Å². The highest BCUT2D eigenvalue weighted by molar-refractivity contribution is 6.60. The van der Waals surface area contributed by atoms with Gasteiger partial charge in [0, 0.05) is 11.1 Å². The van der Waals surface area contributed by atoms with E-state index in [0.29, 0.717) is 0 Å². The van der Waals surface area contributed by atoms with Crippen LogP contribution in [0.3, 0.4) is 0 Å². The third-order valence-corrected chi connectivity index (χ3v) is 9.62. The van der Waals surface area contributed by atoms with E-state index in [4.69, 9.17) is 0 Å². The number of phenols is 2. The molecule has 174 valence electrons. The Morgan fingerprint density at radius 1 is 0.361 bits per heavy atom. The minimum atomic E-state index is -0.00457. The molecule has 0 bridgehead atoms. The molecule has 5 rings (SSSR count). The van der Waals surface area contributed by atoms with Crippen molar-refractivity contribution in [2.45, 2.75) is 11.1 Å². The van der Waals surface area contributed by atoms with Crippen LogP contribution >= 0.6 is 0 Å². The minimum Gasteiger partial charge on any atom is -0.504 e. The Bertz CT molecular complexity index is 1200. The maximum Gasteiger partial charge on any atom is 0.155 e. The van der Waals surface area contributed by atoms with Gasteiger partial charge in [-0.3, -0.25) is 0 Å². The van der Waals surface area contributed by atoms with Crippen molar-refractivity contribution in [3.8, 4) is 11.5 Å². The first-order valence-corrected chi connectivity index (χ1v) is 14.1. The van der Waals surface area contributed by atoms with Crippen LogP contribution < -0.4 is 10.4 Å². The zero-order valence-corrected chi connectivity index (χ0v) is 21.8. The fourth-order valence-corrected chi connectivity index (χ4v) is 7.35. The average molecular weight is 499 g/mol. The second kappa shape index (κ2) is 11.2. The molecular formula is C32H26O2Si2. The van der Waals surface area contributed by atoms with Crippen LogP contribution in [0.5, 0.6) is 11.5 Å².